The highest BCUT2D eigenvalue weighted by atomic mass is 16.5. The number of hydrogen-bond donors (Lipinski definition) is 2. The van der Waals surface area contributed by atoms with Gasteiger partial charge in [-0.25, -0.2) is 0 Å². The second-order valence-electron chi connectivity index (χ2n) is 5.71. The summed E-state index contributed by atoms with van der Waals surface area (Å²) in [5.41, 5.74) is 10.1. The molecule has 0 spiro atoms. The fourth-order valence-corrected chi connectivity index (χ4v) is 3.47. The van der Waals surface area contributed by atoms with Crippen molar-refractivity contribution in [2.45, 2.75) is 37.6 Å². The van der Waals surface area contributed by atoms with Crippen LogP contribution in [-0.4, -0.2) is 25.1 Å². The molecule has 4 heteroatoms. The van der Waals surface area contributed by atoms with Gasteiger partial charge in [-0.15, -0.1) is 6.42 Å². The minimum atomic E-state index is -0.507. The molecule has 4 nitrogen and oxygen atoms in total. The van der Waals surface area contributed by atoms with Gasteiger partial charge in [-0.1, -0.05) is 12.0 Å². The van der Waals surface area contributed by atoms with Crippen LogP contribution in [0, 0.1) is 12.3 Å². The van der Waals surface area contributed by atoms with Gasteiger partial charge in [0.2, 0.25) is 5.91 Å². The Hall–Kier alpha value is -1.99. The largest absolute Gasteiger partial charge is 0.493 e. The maximum atomic E-state index is 11.9. The first-order valence-corrected chi connectivity index (χ1v) is 7.45. The third-order valence-electron chi connectivity index (χ3n) is 4.42. The second kappa shape index (κ2) is 5.79. The number of benzene rings is 1. The maximum Gasteiger partial charge on any atom is 0.237 e. The van der Waals surface area contributed by atoms with Gasteiger partial charge in [-0.05, 0) is 42.4 Å². The molecule has 3 N–H and O–H groups in total. The van der Waals surface area contributed by atoms with Crippen LogP contribution in [0.3, 0.4) is 0 Å². The lowest BCUT2D eigenvalue weighted by atomic mass is 9.89. The Morgan fingerprint density at radius 2 is 2.38 bits per heavy atom. The van der Waals surface area contributed by atoms with Crippen molar-refractivity contribution in [3.63, 3.8) is 0 Å². The van der Waals surface area contributed by atoms with E-state index in [2.05, 4.69) is 23.4 Å². The number of ether oxygens (including phenoxy) is 1. The average Bonchev–Trinajstić information content (AvgIpc) is 3.10. The van der Waals surface area contributed by atoms with Crippen LogP contribution in [0.5, 0.6) is 5.75 Å². The molecule has 1 heterocycles. The predicted molar refractivity (Wildman–Crippen MR) is 81.1 cm³/mol. The van der Waals surface area contributed by atoms with Gasteiger partial charge >= 0.3 is 0 Å². The summed E-state index contributed by atoms with van der Waals surface area (Å²) in [6, 6.07) is 3.72. The van der Waals surface area contributed by atoms with Crippen LogP contribution in [0.1, 0.15) is 35.4 Å². The number of hydrogen-bond acceptors (Lipinski definition) is 3. The van der Waals surface area contributed by atoms with Gasteiger partial charge in [-0.2, -0.15) is 0 Å². The van der Waals surface area contributed by atoms with Crippen molar-refractivity contribution in [2.24, 2.45) is 5.73 Å². The molecule has 1 aromatic rings. The van der Waals surface area contributed by atoms with Gasteiger partial charge in [0.25, 0.3) is 0 Å². The summed E-state index contributed by atoms with van der Waals surface area (Å²) >= 11 is 0. The third-order valence-corrected chi connectivity index (χ3v) is 4.42. The topological polar surface area (TPSA) is 64.4 Å². The number of terminal acetylenes is 1. The molecule has 0 bridgehead atoms. The Labute approximate surface area is 125 Å². The van der Waals surface area contributed by atoms with Crippen LogP contribution in [0.2, 0.25) is 0 Å². The molecule has 3 rings (SSSR count). The van der Waals surface area contributed by atoms with Crippen molar-refractivity contribution in [3.8, 4) is 18.1 Å². The number of rotatable bonds is 4. The first kappa shape index (κ1) is 14.0. The summed E-state index contributed by atoms with van der Waals surface area (Å²) < 4.78 is 5.64. The molecule has 0 aromatic heterocycles. The number of carbonyl (C=O) groups is 1. The lowest BCUT2D eigenvalue weighted by molar-refractivity contribution is -0.122. The SMILES string of the molecule is C#CCNC(=O)C(N)C[C@@H]1CCc2ccc3c(c21)CCO3. The van der Waals surface area contributed by atoms with Gasteiger partial charge < -0.3 is 15.8 Å². The van der Waals surface area contributed by atoms with Gasteiger partial charge in [0.15, 0.2) is 0 Å². The molecule has 21 heavy (non-hydrogen) atoms. The van der Waals surface area contributed by atoms with E-state index in [0.29, 0.717) is 12.3 Å². The monoisotopic (exact) mass is 284 g/mol. The van der Waals surface area contributed by atoms with Crippen LogP contribution in [-0.2, 0) is 17.6 Å². The summed E-state index contributed by atoms with van der Waals surface area (Å²) in [5.74, 6) is 3.59. The normalized spacial score (nSPS) is 20.1. The Balaban J connectivity index is 1.74. The molecule has 0 saturated carbocycles. The molecule has 0 radical (unpaired) electrons. The Kier molecular flexibility index (Phi) is 3.85. The predicted octanol–water partition coefficient (Wildman–Crippen LogP) is 1.12. The second-order valence-corrected chi connectivity index (χ2v) is 5.71. The lowest BCUT2D eigenvalue weighted by Crippen LogP contribution is -2.41. The summed E-state index contributed by atoms with van der Waals surface area (Å²) in [6.45, 7) is 0.990. The fourth-order valence-electron chi connectivity index (χ4n) is 3.47. The molecule has 1 amide bonds. The van der Waals surface area contributed by atoms with Crippen LogP contribution >= 0.6 is 0 Å². The average molecular weight is 284 g/mol. The Morgan fingerprint density at radius 1 is 1.52 bits per heavy atom. The first-order chi connectivity index (χ1) is 10.2. The molecule has 1 aromatic carbocycles. The molecule has 0 saturated heterocycles. The van der Waals surface area contributed by atoms with E-state index in [4.69, 9.17) is 16.9 Å². The standard InChI is InChI=1S/C17H20N2O2/c1-2-8-19-17(20)14(18)10-12-4-3-11-5-6-15-13(16(11)12)7-9-21-15/h1,5-6,12,14H,3-4,7-10,18H2,(H,19,20)/t12-,14?/m0/s1. The van der Waals surface area contributed by atoms with Crippen LogP contribution in [0.25, 0.3) is 0 Å². The van der Waals surface area contributed by atoms with E-state index in [1.54, 1.807) is 0 Å². The number of nitrogens with two attached hydrogens (primary N) is 1. The van der Waals surface area contributed by atoms with E-state index < -0.39 is 6.04 Å². The molecular weight excluding hydrogens is 264 g/mol. The van der Waals surface area contributed by atoms with Crippen LogP contribution in [0.4, 0.5) is 0 Å². The lowest BCUT2D eigenvalue weighted by Gasteiger charge is -2.18. The Bertz CT molecular complexity index is 604. The first-order valence-electron chi connectivity index (χ1n) is 7.45. The van der Waals surface area contributed by atoms with E-state index in [0.717, 1.165) is 31.6 Å². The minimum Gasteiger partial charge on any atom is -0.493 e. The number of fused-ring (bicyclic) bond motifs is 3. The summed E-state index contributed by atoms with van der Waals surface area (Å²) in [6.07, 6.45) is 8.90. The van der Waals surface area contributed by atoms with Crippen molar-refractivity contribution < 1.29 is 9.53 Å². The van der Waals surface area contributed by atoms with Crippen molar-refractivity contribution in [1.82, 2.24) is 5.32 Å². The molecular formula is C17H20N2O2. The zero-order valence-electron chi connectivity index (χ0n) is 12.0. The van der Waals surface area contributed by atoms with Crippen molar-refractivity contribution in [2.75, 3.05) is 13.2 Å². The zero-order chi connectivity index (χ0) is 14.8. The quantitative estimate of drug-likeness (QED) is 0.814. The summed E-state index contributed by atoms with van der Waals surface area (Å²) in [7, 11) is 0. The Morgan fingerprint density at radius 3 is 3.19 bits per heavy atom. The van der Waals surface area contributed by atoms with Crippen LogP contribution < -0.4 is 15.8 Å². The third kappa shape index (κ3) is 2.62. The van der Waals surface area contributed by atoms with Gasteiger partial charge in [-0.3, -0.25) is 4.79 Å². The van der Waals surface area contributed by atoms with Gasteiger partial charge in [0, 0.05) is 12.0 Å². The van der Waals surface area contributed by atoms with Crippen LogP contribution in [0.15, 0.2) is 12.1 Å². The summed E-state index contributed by atoms with van der Waals surface area (Å²) in [4.78, 5) is 11.9. The molecule has 2 atom stereocenters. The van der Waals surface area contributed by atoms with Crippen molar-refractivity contribution in [1.29, 1.82) is 0 Å². The molecule has 1 aliphatic carbocycles. The molecule has 1 unspecified atom stereocenters. The van der Waals surface area contributed by atoms with Crippen molar-refractivity contribution >= 4 is 5.91 Å². The molecule has 0 fully saturated rings. The van der Waals surface area contributed by atoms with E-state index in [1.807, 2.05) is 0 Å². The van der Waals surface area contributed by atoms with E-state index in [-0.39, 0.29) is 12.5 Å². The highest BCUT2D eigenvalue weighted by Gasteiger charge is 2.31. The number of amides is 1. The number of nitrogens with one attached hydrogen (secondary N) is 1. The number of carbonyl (C=O) groups excluding carboxylic acids is 1. The van der Waals surface area contributed by atoms with E-state index in [9.17, 15) is 4.79 Å². The maximum absolute atomic E-state index is 11.9. The summed E-state index contributed by atoms with van der Waals surface area (Å²) in [5, 5.41) is 2.66. The smallest absolute Gasteiger partial charge is 0.237 e. The molecule has 1 aliphatic heterocycles. The number of aryl methyl sites for hydroxylation is 1. The zero-order valence-corrected chi connectivity index (χ0v) is 12.0. The van der Waals surface area contributed by atoms with Crippen molar-refractivity contribution in [3.05, 3.63) is 28.8 Å². The van der Waals surface area contributed by atoms with Gasteiger partial charge in [0.05, 0.1) is 19.2 Å². The van der Waals surface area contributed by atoms with E-state index >= 15 is 0 Å². The van der Waals surface area contributed by atoms with Gasteiger partial charge in [0.1, 0.15) is 5.75 Å². The molecule has 2 aliphatic rings. The highest BCUT2D eigenvalue weighted by Crippen LogP contribution is 2.43. The molecule has 110 valence electrons. The minimum absolute atomic E-state index is 0.162. The van der Waals surface area contributed by atoms with E-state index in [1.165, 1.54) is 16.7 Å². The fraction of sp³-hybridized carbons (Fsp3) is 0.471. The highest BCUT2D eigenvalue weighted by molar-refractivity contribution is 5.81.